The Hall–Kier alpha value is -2.08. The van der Waals surface area contributed by atoms with Gasteiger partial charge in [0, 0.05) is 27.1 Å². The normalized spacial score (nSPS) is 13.6. The maximum absolute atomic E-state index is 12.5. The number of carbonyl (C=O) groups excluding carboxylic acids is 2. The van der Waals surface area contributed by atoms with Crippen molar-refractivity contribution in [1.29, 1.82) is 0 Å². The lowest BCUT2D eigenvalue weighted by Crippen LogP contribution is -2.21. The molecule has 0 radical (unpaired) electrons. The van der Waals surface area contributed by atoms with Crippen LogP contribution < -0.4 is 0 Å². The molecule has 124 valence electrons. The lowest BCUT2D eigenvalue weighted by Gasteiger charge is -2.18. The monoisotopic (exact) mass is 368 g/mol. The van der Waals surface area contributed by atoms with E-state index in [1.165, 1.54) is 24.3 Å². The van der Waals surface area contributed by atoms with Crippen molar-refractivity contribution in [2.75, 3.05) is 0 Å². The van der Waals surface area contributed by atoms with Gasteiger partial charge in [0.05, 0.1) is 16.9 Å². The van der Waals surface area contributed by atoms with Crippen LogP contribution >= 0.6 is 12.0 Å². The standard InChI is InChI=1S/C14H8O8S2/c15-13-10-4-2-8(24(18,19)20)6-12(10)14(16)9-3-1-7(5-11(9)13)23-22-21-17/h1-6,17H,(H,18,19,20). The van der Waals surface area contributed by atoms with E-state index in [0.717, 1.165) is 12.1 Å². The Morgan fingerprint density at radius 2 is 1.46 bits per heavy atom. The molecule has 0 unspecified atom stereocenters. The van der Waals surface area contributed by atoms with Crippen LogP contribution in [-0.2, 0) is 19.5 Å². The Morgan fingerprint density at radius 1 is 0.875 bits per heavy atom. The molecule has 24 heavy (non-hydrogen) atoms. The van der Waals surface area contributed by atoms with Gasteiger partial charge in [0.15, 0.2) is 11.6 Å². The molecule has 0 heterocycles. The van der Waals surface area contributed by atoms with Crippen molar-refractivity contribution in [3.8, 4) is 0 Å². The number of hydrogen-bond acceptors (Lipinski definition) is 8. The van der Waals surface area contributed by atoms with E-state index in [1.54, 1.807) is 0 Å². The fourth-order valence-corrected chi connectivity index (χ4v) is 3.28. The Labute approximate surface area is 139 Å². The first-order valence-corrected chi connectivity index (χ1v) is 8.51. The highest BCUT2D eigenvalue weighted by Gasteiger charge is 2.31. The van der Waals surface area contributed by atoms with Crippen molar-refractivity contribution < 1.29 is 37.2 Å². The van der Waals surface area contributed by atoms with Crippen LogP contribution in [0, 0.1) is 0 Å². The Kier molecular flexibility index (Phi) is 4.25. The Morgan fingerprint density at radius 3 is 2.04 bits per heavy atom. The molecule has 2 aromatic rings. The summed E-state index contributed by atoms with van der Waals surface area (Å²) in [6.07, 6.45) is 0. The summed E-state index contributed by atoms with van der Waals surface area (Å²) >= 11 is 0.636. The zero-order valence-corrected chi connectivity index (χ0v) is 13.3. The molecule has 0 atom stereocenters. The Bertz CT molecular complexity index is 965. The predicted octanol–water partition coefficient (Wildman–Crippen LogP) is 2.14. The highest BCUT2D eigenvalue weighted by molar-refractivity contribution is 7.94. The van der Waals surface area contributed by atoms with Crippen molar-refractivity contribution in [2.24, 2.45) is 0 Å². The molecule has 3 rings (SSSR count). The number of fused-ring (bicyclic) bond motifs is 2. The summed E-state index contributed by atoms with van der Waals surface area (Å²) in [5, 5.41) is 11.6. The molecule has 1 aliphatic rings. The van der Waals surface area contributed by atoms with Gasteiger partial charge in [-0.2, -0.15) is 8.42 Å². The number of rotatable bonds is 4. The topological polar surface area (TPSA) is 127 Å². The van der Waals surface area contributed by atoms with Gasteiger partial charge in [-0.15, -0.1) is 4.33 Å². The van der Waals surface area contributed by atoms with E-state index in [2.05, 4.69) is 9.37 Å². The van der Waals surface area contributed by atoms with Crippen LogP contribution in [0.3, 0.4) is 0 Å². The van der Waals surface area contributed by atoms with Gasteiger partial charge in [0.2, 0.25) is 0 Å². The second-order valence-electron chi connectivity index (χ2n) is 4.77. The first-order valence-electron chi connectivity index (χ1n) is 6.32. The minimum Gasteiger partial charge on any atom is -0.289 e. The lowest BCUT2D eigenvalue weighted by atomic mass is 9.84. The van der Waals surface area contributed by atoms with Crippen molar-refractivity contribution in [2.45, 2.75) is 9.79 Å². The van der Waals surface area contributed by atoms with E-state index in [0.29, 0.717) is 16.9 Å². The van der Waals surface area contributed by atoms with Crippen LogP contribution in [0.1, 0.15) is 31.8 Å². The number of carbonyl (C=O) groups is 2. The largest absolute Gasteiger partial charge is 0.294 e. The summed E-state index contributed by atoms with van der Waals surface area (Å²) in [6.45, 7) is 0. The minimum absolute atomic E-state index is 0.0291. The van der Waals surface area contributed by atoms with Gasteiger partial charge in [0.25, 0.3) is 10.1 Å². The first-order chi connectivity index (χ1) is 11.3. The van der Waals surface area contributed by atoms with Crippen molar-refractivity contribution >= 4 is 33.7 Å². The van der Waals surface area contributed by atoms with Gasteiger partial charge in [-0.1, -0.05) is 5.04 Å². The van der Waals surface area contributed by atoms with E-state index >= 15 is 0 Å². The van der Waals surface area contributed by atoms with E-state index < -0.39 is 26.6 Å². The van der Waals surface area contributed by atoms with Gasteiger partial charge < -0.3 is 0 Å². The number of ketones is 2. The van der Waals surface area contributed by atoms with Crippen LogP contribution in [0.25, 0.3) is 0 Å². The molecule has 0 saturated heterocycles. The molecule has 0 amide bonds. The predicted molar refractivity (Wildman–Crippen MR) is 80.2 cm³/mol. The fourth-order valence-electron chi connectivity index (χ4n) is 2.38. The van der Waals surface area contributed by atoms with Gasteiger partial charge in [0.1, 0.15) is 0 Å². The zero-order chi connectivity index (χ0) is 17.5. The van der Waals surface area contributed by atoms with Crippen LogP contribution in [-0.4, -0.2) is 29.8 Å². The maximum Gasteiger partial charge on any atom is 0.294 e. The third-order valence-corrected chi connectivity index (χ3v) is 4.84. The van der Waals surface area contributed by atoms with Gasteiger partial charge >= 0.3 is 0 Å². The third-order valence-electron chi connectivity index (χ3n) is 3.42. The van der Waals surface area contributed by atoms with Crippen molar-refractivity contribution in [3.05, 3.63) is 58.7 Å². The molecule has 0 aliphatic heterocycles. The van der Waals surface area contributed by atoms with Crippen LogP contribution in [0.15, 0.2) is 46.2 Å². The molecule has 2 N–H and O–H groups in total. The molecule has 0 bridgehead atoms. The van der Waals surface area contributed by atoms with E-state index in [9.17, 15) is 18.0 Å². The van der Waals surface area contributed by atoms with E-state index in [4.69, 9.17) is 9.81 Å². The van der Waals surface area contributed by atoms with Crippen LogP contribution in [0.5, 0.6) is 0 Å². The van der Waals surface area contributed by atoms with Crippen molar-refractivity contribution in [1.82, 2.24) is 0 Å². The summed E-state index contributed by atoms with van der Waals surface area (Å²) in [5.74, 6) is -1.02. The van der Waals surface area contributed by atoms with Gasteiger partial charge in [-0.25, -0.2) is 5.26 Å². The molecule has 2 aromatic carbocycles. The zero-order valence-electron chi connectivity index (χ0n) is 11.6. The quantitative estimate of drug-likeness (QED) is 0.308. The molecule has 0 aromatic heterocycles. The fraction of sp³-hybridized carbons (Fsp3) is 0. The molecule has 0 spiro atoms. The second-order valence-corrected chi connectivity index (χ2v) is 6.97. The summed E-state index contributed by atoms with van der Waals surface area (Å²) in [5.41, 5.74) is 0.132. The van der Waals surface area contributed by atoms with Crippen LogP contribution in [0.2, 0.25) is 0 Å². The molecular formula is C14H8O8S2. The average Bonchev–Trinajstić information content (AvgIpc) is 2.56. The molecule has 0 fully saturated rings. The first kappa shape index (κ1) is 16.8. The molecule has 0 saturated carbocycles. The number of benzene rings is 2. The summed E-state index contributed by atoms with van der Waals surface area (Å²) in [6, 6.07) is 7.42. The number of hydrogen-bond donors (Lipinski definition) is 2. The van der Waals surface area contributed by atoms with E-state index in [1.807, 2.05) is 0 Å². The summed E-state index contributed by atoms with van der Waals surface area (Å²) in [4.78, 5) is 25.0. The maximum atomic E-state index is 12.5. The summed E-state index contributed by atoms with van der Waals surface area (Å²) in [7, 11) is -4.49. The van der Waals surface area contributed by atoms with Gasteiger partial charge in [-0.3, -0.25) is 14.1 Å². The minimum atomic E-state index is -4.49. The third kappa shape index (κ3) is 2.86. The average molecular weight is 368 g/mol. The molecule has 1 aliphatic carbocycles. The van der Waals surface area contributed by atoms with Gasteiger partial charge in [-0.05, 0) is 36.4 Å². The smallest absolute Gasteiger partial charge is 0.289 e. The highest BCUT2D eigenvalue weighted by atomic mass is 32.2. The van der Waals surface area contributed by atoms with Crippen LogP contribution in [0.4, 0.5) is 0 Å². The molecule has 8 nitrogen and oxygen atoms in total. The molecular weight excluding hydrogens is 360 g/mol. The molecule has 10 heteroatoms. The van der Waals surface area contributed by atoms with Crippen molar-refractivity contribution in [3.63, 3.8) is 0 Å². The SMILES string of the molecule is O=C1c2ccc(S(=O)(=O)O)cc2C(=O)c2ccc(SOOO)cc21. The summed E-state index contributed by atoms with van der Waals surface area (Å²) < 4.78 is 35.8. The lowest BCUT2D eigenvalue weighted by molar-refractivity contribution is -0.432. The van der Waals surface area contributed by atoms with E-state index in [-0.39, 0.29) is 22.3 Å². The Balaban J connectivity index is 2.11. The highest BCUT2D eigenvalue weighted by Crippen LogP contribution is 2.32. The second kappa shape index (κ2) is 6.09.